The second kappa shape index (κ2) is 6.40. The molecule has 0 aliphatic rings. The number of nitrogens with one attached hydrogen (secondary N) is 1. The maximum atomic E-state index is 10.8. The fraction of sp³-hybridized carbons (Fsp3) is 0.333. The first-order valence-corrected chi connectivity index (χ1v) is 6.77. The van der Waals surface area contributed by atoms with Crippen LogP contribution >= 0.6 is 11.3 Å². The second-order valence-corrected chi connectivity index (χ2v) is 5.06. The van der Waals surface area contributed by atoms with Crippen LogP contribution < -0.4 is 10.1 Å². The van der Waals surface area contributed by atoms with Crippen molar-refractivity contribution < 1.29 is 9.66 Å². The number of rotatable bonds is 6. The molecule has 0 atom stereocenters. The van der Waals surface area contributed by atoms with Gasteiger partial charge in [-0.1, -0.05) is 11.3 Å². The largest absolute Gasteiger partial charge is 0.496 e. The molecule has 7 nitrogen and oxygen atoms in total. The van der Waals surface area contributed by atoms with Crippen molar-refractivity contribution in [3.05, 3.63) is 33.3 Å². The Balaban J connectivity index is 2.32. The number of benzene rings is 1. The van der Waals surface area contributed by atoms with Crippen molar-refractivity contribution in [1.82, 2.24) is 15.5 Å². The molecule has 0 saturated heterocycles. The van der Waals surface area contributed by atoms with Crippen LogP contribution in [0.4, 0.5) is 5.69 Å². The van der Waals surface area contributed by atoms with Gasteiger partial charge in [0.1, 0.15) is 10.8 Å². The number of non-ortho nitro benzene ring substituents is 1. The van der Waals surface area contributed by atoms with E-state index in [0.29, 0.717) is 16.3 Å². The highest BCUT2D eigenvalue weighted by Crippen LogP contribution is 2.34. The van der Waals surface area contributed by atoms with Gasteiger partial charge in [0.25, 0.3) is 5.69 Å². The van der Waals surface area contributed by atoms with Crippen LogP contribution in [0.5, 0.6) is 5.75 Å². The lowest BCUT2D eigenvalue weighted by atomic mass is 10.2. The molecule has 20 heavy (non-hydrogen) atoms. The molecular formula is C12H14N4O3S. The highest BCUT2D eigenvalue weighted by Gasteiger charge is 2.15. The quantitative estimate of drug-likeness (QED) is 0.646. The topological polar surface area (TPSA) is 90.2 Å². The van der Waals surface area contributed by atoms with Crippen LogP contribution in [0.2, 0.25) is 0 Å². The predicted octanol–water partition coefficient (Wildman–Crippen LogP) is 1.88. The molecule has 0 saturated carbocycles. The van der Waals surface area contributed by atoms with Gasteiger partial charge in [-0.25, -0.2) is 0 Å². The zero-order valence-corrected chi connectivity index (χ0v) is 11.9. The fourth-order valence-electron chi connectivity index (χ4n) is 1.67. The number of hydrogen-bond acceptors (Lipinski definition) is 7. The van der Waals surface area contributed by atoms with Crippen LogP contribution in [0.3, 0.4) is 0 Å². The summed E-state index contributed by atoms with van der Waals surface area (Å²) in [6.45, 7) is 0.825. The van der Waals surface area contributed by atoms with E-state index in [1.807, 2.05) is 7.05 Å². The zero-order chi connectivity index (χ0) is 14.5. The molecule has 0 amide bonds. The normalized spacial score (nSPS) is 10.5. The molecule has 0 aliphatic carbocycles. The molecule has 106 valence electrons. The number of aromatic nitrogens is 2. The zero-order valence-electron chi connectivity index (χ0n) is 11.1. The Bertz CT molecular complexity index is 614. The van der Waals surface area contributed by atoms with E-state index in [0.717, 1.165) is 18.0 Å². The van der Waals surface area contributed by atoms with Crippen LogP contribution in [0.25, 0.3) is 10.6 Å². The summed E-state index contributed by atoms with van der Waals surface area (Å²) in [6.07, 6.45) is 0.795. The van der Waals surface area contributed by atoms with Gasteiger partial charge in [-0.05, 0) is 13.1 Å². The molecule has 0 unspecified atom stereocenters. The minimum atomic E-state index is -0.454. The maximum Gasteiger partial charge on any atom is 0.273 e. The summed E-state index contributed by atoms with van der Waals surface area (Å²) in [7, 11) is 3.35. The fourth-order valence-corrected chi connectivity index (χ4v) is 2.53. The molecule has 1 N–H and O–H groups in total. The van der Waals surface area contributed by atoms with Crippen molar-refractivity contribution in [2.45, 2.75) is 6.42 Å². The standard InChI is InChI=1S/C12H14N4O3S/c1-13-6-5-11-14-15-12(20-11)9-4-3-8(16(17)18)7-10(9)19-2/h3-4,7,13H,5-6H2,1-2H3. The molecule has 0 bridgehead atoms. The van der Waals surface area contributed by atoms with Gasteiger partial charge in [0, 0.05) is 19.0 Å². The average Bonchev–Trinajstić information content (AvgIpc) is 2.92. The summed E-state index contributed by atoms with van der Waals surface area (Å²) in [5.41, 5.74) is 0.705. The highest BCUT2D eigenvalue weighted by atomic mass is 32.1. The van der Waals surface area contributed by atoms with Crippen molar-refractivity contribution in [2.75, 3.05) is 20.7 Å². The molecule has 0 spiro atoms. The highest BCUT2D eigenvalue weighted by molar-refractivity contribution is 7.14. The lowest BCUT2D eigenvalue weighted by Gasteiger charge is -2.04. The number of nitro groups is 1. The molecule has 1 heterocycles. The summed E-state index contributed by atoms with van der Waals surface area (Å²) in [5.74, 6) is 0.426. The van der Waals surface area contributed by atoms with Gasteiger partial charge < -0.3 is 10.1 Å². The Morgan fingerprint density at radius 2 is 2.25 bits per heavy atom. The van der Waals surface area contributed by atoms with Gasteiger partial charge in [-0.15, -0.1) is 10.2 Å². The second-order valence-electron chi connectivity index (χ2n) is 4.00. The third kappa shape index (κ3) is 3.09. The van der Waals surface area contributed by atoms with Crippen molar-refractivity contribution in [3.8, 4) is 16.3 Å². The summed E-state index contributed by atoms with van der Waals surface area (Å²) < 4.78 is 5.20. The van der Waals surface area contributed by atoms with Crippen LogP contribution in [0, 0.1) is 10.1 Å². The van der Waals surface area contributed by atoms with E-state index in [-0.39, 0.29) is 5.69 Å². The van der Waals surface area contributed by atoms with Crippen molar-refractivity contribution in [1.29, 1.82) is 0 Å². The number of nitro benzene ring substituents is 1. The molecule has 0 aliphatic heterocycles. The minimum Gasteiger partial charge on any atom is -0.496 e. The first-order valence-electron chi connectivity index (χ1n) is 5.95. The minimum absolute atomic E-state index is 0.00878. The average molecular weight is 294 g/mol. The van der Waals surface area contributed by atoms with E-state index in [1.54, 1.807) is 6.07 Å². The molecule has 2 aromatic rings. The van der Waals surface area contributed by atoms with E-state index in [4.69, 9.17) is 4.74 Å². The molecule has 1 aromatic heterocycles. The van der Waals surface area contributed by atoms with Crippen molar-refractivity contribution >= 4 is 17.0 Å². The van der Waals surface area contributed by atoms with Crippen LogP contribution in [-0.4, -0.2) is 35.8 Å². The van der Waals surface area contributed by atoms with Gasteiger partial charge >= 0.3 is 0 Å². The molecule has 0 fully saturated rings. The SMILES string of the molecule is CNCCc1nnc(-c2ccc([N+](=O)[O-])cc2OC)s1. The van der Waals surface area contributed by atoms with E-state index in [2.05, 4.69) is 15.5 Å². The Labute approximate surface area is 119 Å². The summed E-state index contributed by atoms with van der Waals surface area (Å²) in [5, 5.41) is 23.6. The number of hydrogen-bond donors (Lipinski definition) is 1. The van der Waals surface area contributed by atoms with Crippen molar-refractivity contribution in [2.24, 2.45) is 0 Å². The number of methoxy groups -OCH3 is 1. The lowest BCUT2D eigenvalue weighted by Crippen LogP contribution is -2.09. The molecule has 0 radical (unpaired) electrons. The van der Waals surface area contributed by atoms with Crippen LogP contribution in [0.15, 0.2) is 18.2 Å². The Morgan fingerprint density at radius 1 is 1.45 bits per heavy atom. The summed E-state index contributed by atoms with van der Waals surface area (Å²) in [4.78, 5) is 10.3. The van der Waals surface area contributed by atoms with Crippen LogP contribution in [-0.2, 0) is 6.42 Å². The Kier molecular flexibility index (Phi) is 4.59. The van der Waals surface area contributed by atoms with Gasteiger partial charge in [-0.2, -0.15) is 0 Å². The monoisotopic (exact) mass is 294 g/mol. The molecule has 2 rings (SSSR count). The molecule has 1 aromatic carbocycles. The van der Waals surface area contributed by atoms with Gasteiger partial charge in [-0.3, -0.25) is 10.1 Å². The Morgan fingerprint density at radius 3 is 2.90 bits per heavy atom. The Hall–Kier alpha value is -2.06. The smallest absolute Gasteiger partial charge is 0.273 e. The summed E-state index contributed by atoms with van der Waals surface area (Å²) >= 11 is 1.46. The first kappa shape index (κ1) is 14.4. The first-order chi connectivity index (χ1) is 9.65. The predicted molar refractivity (Wildman–Crippen MR) is 76.2 cm³/mol. The summed E-state index contributed by atoms with van der Waals surface area (Å²) in [6, 6.07) is 4.47. The van der Waals surface area contributed by atoms with E-state index in [1.165, 1.54) is 30.6 Å². The number of nitrogens with zero attached hydrogens (tertiary/aromatic N) is 3. The van der Waals surface area contributed by atoms with Crippen LogP contribution in [0.1, 0.15) is 5.01 Å². The number of likely N-dealkylation sites (N-methyl/N-ethyl adjacent to an activating group) is 1. The third-order valence-electron chi connectivity index (χ3n) is 2.68. The molecular weight excluding hydrogens is 280 g/mol. The lowest BCUT2D eigenvalue weighted by molar-refractivity contribution is -0.384. The van der Waals surface area contributed by atoms with E-state index in [9.17, 15) is 10.1 Å². The third-order valence-corrected chi connectivity index (χ3v) is 3.70. The number of ether oxygens (including phenoxy) is 1. The molecule has 8 heteroatoms. The van der Waals surface area contributed by atoms with E-state index >= 15 is 0 Å². The van der Waals surface area contributed by atoms with Gasteiger partial charge in [0.05, 0.1) is 23.7 Å². The maximum absolute atomic E-state index is 10.8. The van der Waals surface area contributed by atoms with Gasteiger partial charge in [0.15, 0.2) is 5.01 Å². The van der Waals surface area contributed by atoms with E-state index < -0.39 is 4.92 Å². The van der Waals surface area contributed by atoms with Gasteiger partial charge in [0.2, 0.25) is 0 Å². The van der Waals surface area contributed by atoms with Crippen molar-refractivity contribution in [3.63, 3.8) is 0 Å².